The fraction of sp³-hybridized carbons (Fsp3) is 0.375. The maximum atomic E-state index is 11.9. The number of nitrogens with zero attached hydrogens (tertiary/aromatic N) is 1. The van der Waals surface area contributed by atoms with Crippen molar-refractivity contribution in [3.05, 3.63) is 50.9 Å². The first-order valence-corrected chi connectivity index (χ1v) is 7.18. The van der Waals surface area contributed by atoms with Crippen LogP contribution in [0, 0.1) is 13.8 Å². The second kappa shape index (κ2) is 4.91. The molecule has 0 bridgehead atoms. The topological polar surface area (TPSA) is 83.8 Å². The second-order valence-electron chi connectivity index (χ2n) is 5.85. The van der Waals surface area contributed by atoms with Gasteiger partial charge in [0.2, 0.25) is 5.95 Å². The number of fused-ring (bicyclic) bond motifs is 1. The summed E-state index contributed by atoms with van der Waals surface area (Å²) in [6.45, 7) is 7.11. The Morgan fingerprint density at radius 3 is 2.86 bits per heavy atom. The highest BCUT2D eigenvalue weighted by atomic mass is 16.1. The molecule has 21 heavy (non-hydrogen) atoms. The zero-order valence-electron chi connectivity index (χ0n) is 12.5. The Morgan fingerprint density at radius 2 is 2.14 bits per heavy atom. The van der Waals surface area contributed by atoms with Gasteiger partial charge in [0.1, 0.15) is 5.69 Å². The zero-order valence-corrected chi connectivity index (χ0v) is 12.5. The normalized spacial score (nSPS) is 18.1. The van der Waals surface area contributed by atoms with E-state index in [1.807, 2.05) is 0 Å². The van der Waals surface area contributed by atoms with Crippen LogP contribution >= 0.6 is 0 Å². The summed E-state index contributed by atoms with van der Waals surface area (Å²) in [5, 5.41) is 3.17. The van der Waals surface area contributed by atoms with Gasteiger partial charge in [-0.15, -0.1) is 0 Å². The van der Waals surface area contributed by atoms with E-state index in [1.165, 1.54) is 16.7 Å². The quantitative estimate of drug-likeness (QED) is 0.790. The van der Waals surface area contributed by atoms with Gasteiger partial charge in [-0.05, 0) is 30.9 Å². The first-order valence-electron chi connectivity index (χ1n) is 7.18. The maximum Gasteiger partial charge on any atom is 0.275 e. The monoisotopic (exact) mass is 284 g/mol. The molecule has 1 aromatic carbocycles. The number of hydrogen-bond donors (Lipinski definition) is 3. The molecule has 2 atom stereocenters. The molecule has 0 amide bonds. The van der Waals surface area contributed by atoms with Crippen LogP contribution in [0.3, 0.4) is 0 Å². The Hall–Kier alpha value is -2.30. The van der Waals surface area contributed by atoms with E-state index in [2.05, 4.69) is 54.3 Å². The van der Waals surface area contributed by atoms with Gasteiger partial charge in [0.25, 0.3) is 5.56 Å². The molecule has 5 nitrogen and oxygen atoms in total. The van der Waals surface area contributed by atoms with E-state index in [9.17, 15) is 4.79 Å². The average Bonchev–Trinajstić information content (AvgIpc) is 2.82. The van der Waals surface area contributed by atoms with Gasteiger partial charge in [-0.2, -0.15) is 0 Å². The molecule has 0 radical (unpaired) electrons. The SMILES string of the molecule is Cc1ccc([C@H](C)C2CNc3c2nc(N)[nH]c3=O)c(C)c1. The first kappa shape index (κ1) is 13.7. The lowest BCUT2D eigenvalue weighted by atomic mass is 9.84. The Kier molecular flexibility index (Phi) is 3.20. The molecule has 1 unspecified atom stereocenters. The molecule has 1 aliphatic heterocycles. The molecule has 0 fully saturated rings. The molecule has 2 aromatic rings. The number of nitrogens with one attached hydrogen (secondary N) is 2. The molecule has 1 aliphatic rings. The predicted octanol–water partition coefficient (Wildman–Crippen LogP) is 2.28. The molecule has 0 aliphatic carbocycles. The summed E-state index contributed by atoms with van der Waals surface area (Å²) >= 11 is 0. The highest BCUT2D eigenvalue weighted by Gasteiger charge is 2.32. The number of aromatic amines is 1. The van der Waals surface area contributed by atoms with Crippen LogP contribution in [0.5, 0.6) is 0 Å². The molecule has 110 valence electrons. The highest BCUT2D eigenvalue weighted by Crippen LogP contribution is 2.39. The number of benzene rings is 1. The van der Waals surface area contributed by atoms with Crippen LogP contribution in [-0.2, 0) is 0 Å². The van der Waals surface area contributed by atoms with E-state index < -0.39 is 0 Å². The van der Waals surface area contributed by atoms with Crippen LogP contribution in [0.4, 0.5) is 11.6 Å². The minimum Gasteiger partial charge on any atom is -0.378 e. The van der Waals surface area contributed by atoms with E-state index in [0.29, 0.717) is 12.2 Å². The molecule has 0 saturated carbocycles. The standard InChI is InChI=1S/C16H20N4O/c1-8-4-5-11(9(2)6-8)10(3)12-7-18-14-13(12)19-16(17)20-15(14)21/h4-6,10,12,18H,7H2,1-3H3,(H3,17,19,20,21)/t10-,12?/m0/s1. The molecule has 5 heteroatoms. The summed E-state index contributed by atoms with van der Waals surface area (Å²) in [7, 11) is 0. The van der Waals surface area contributed by atoms with Crippen molar-refractivity contribution in [1.82, 2.24) is 9.97 Å². The van der Waals surface area contributed by atoms with Gasteiger partial charge in [0.15, 0.2) is 0 Å². The van der Waals surface area contributed by atoms with Crippen molar-refractivity contribution in [3.8, 4) is 0 Å². The van der Waals surface area contributed by atoms with Gasteiger partial charge < -0.3 is 11.1 Å². The van der Waals surface area contributed by atoms with E-state index >= 15 is 0 Å². The van der Waals surface area contributed by atoms with Crippen LogP contribution in [0.15, 0.2) is 23.0 Å². The number of aryl methyl sites for hydroxylation is 2. The average molecular weight is 284 g/mol. The minimum atomic E-state index is -0.187. The van der Waals surface area contributed by atoms with Gasteiger partial charge >= 0.3 is 0 Å². The van der Waals surface area contributed by atoms with E-state index in [1.54, 1.807) is 0 Å². The lowest BCUT2D eigenvalue weighted by molar-refractivity contribution is 0.604. The van der Waals surface area contributed by atoms with Crippen molar-refractivity contribution >= 4 is 11.6 Å². The number of nitrogen functional groups attached to an aromatic ring is 1. The summed E-state index contributed by atoms with van der Waals surface area (Å²) in [6.07, 6.45) is 0. The lowest BCUT2D eigenvalue weighted by Crippen LogP contribution is -2.15. The van der Waals surface area contributed by atoms with Gasteiger partial charge in [-0.1, -0.05) is 30.7 Å². The Bertz CT molecular complexity index is 750. The van der Waals surface area contributed by atoms with E-state index in [-0.39, 0.29) is 23.3 Å². The molecule has 3 rings (SSSR count). The largest absolute Gasteiger partial charge is 0.378 e. The number of hydrogen-bond acceptors (Lipinski definition) is 4. The number of aromatic nitrogens is 2. The summed E-state index contributed by atoms with van der Waals surface area (Å²) < 4.78 is 0. The third kappa shape index (κ3) is 2.28. The fourth-order valence-corrected chi connectivity index (χ4v) is 3.22. The van der Waals surface area contributed by atoms with Crippen molar-refractivity contribution < 1.29 is 0 Å². The van der Waals surface area contributed by atoms with Crippen molar-refractivity contribution in [2.75, 3.05) is 17.6 Å². The zero-order chi connectivity index (χ0) is 15.1. The van der Waals surface area contributed by atoms with Crippen LogP contribution < -0.4 is 16.6 Å². The summed E-state index contributed by atoms with van der Waals surface area (Å²) in [5.74, 6) is 0.610. The Labute approximate surface area is 123 Å². The van der Waals surface area contributed by atoms with E-state index in [0.717, 1.165) is 5.69 Å². The molecule has 2 heterocycles. The summed E-state index contributed by atoms with van der Waals surface area (Å²) in [5.41, 5.74) is 10.7. The number of rotatable bonds is 2. The van der Waals surface area contributed by atoms with Gasteiger partial charge in [0, 0.05) is 12.5 Å². The van der Waals surface area contributed by atoms with Crippen LogP contribution in [0.2, 0.25) is 0 Å². The third-order valence-electron chi connectivity index (χ3n) is 4.34. The van der Waals surface area contributed by atoms with Crippen LogP contribution in [-0.4, -0.2) is 16.5 Å². The first-order chi connectivity index (χ1) is 9.97. The number of nitrogens with two attached hydrogens (primary N) is 1. The summed E-state index contributed by atoms with van der Waals surface area (Å²) in [6, 6.07) is 6.49. The fourth-order valence-electron chi connectivity index (χ4n) is 3.22. The van der Waals surface area contributed by atoms with Crippen molar-refractivity contribution in [3.63, 3.8) is 0 Å². The van der Waals surface area contributed by atoms with Crippen LogP contribution in [0.1, 0.15) is 41.1 Å². The van der Waals surface area contributed by atoms with Gasteiger partial charge in [-0.3, -0.25) is 9.78 Å². The lowest BCUT2D eigenvalue weighted by Gasteiger charge is -2.21. The number of anilines is 2. The molecule has 1 aromatic heterocycles. The minimum absolute atomic E-state index is 0.158. The molecular weight excluding hydrogens is 264 g/mol. The number of H-pyrrole nitrogens is 1. The van der Waals surface area contributed by atoms with Gasteiger partial charge in [-0.25, -0.2) is 4.98 Å². The van der Waals surface area contributed by atoms with Crippen LogP contribution in [0.25, 0.3) is 0 Å². The molecular formula is C16H20N4O. The highest BCUT2D eigenvalue weighted by molar-refractivity contribution is 5.56. The summed E-state index contributed by atoms with van der Waals surface area (Å²) in [4.78, 5) is 18.8. The van der Waals surface area contributed by atoms with Crippen molar-refractivity contribution in [1.29, 1.82) is 0 Å². The smallest absolute Gasteiger partial charge is 0.275 e. The Morgan fingerprint density at radius 1 is 1.38 bits per heavy atom. The molecule has 4 N–H and O–H groups in total. The van der Waals surface area contributed by atoms with Crippen molar-refractivity contribution in [2.45, 2.75) is 32.6 Å². The Balaban J connectivity index is 2.02. The van der Waals surface area contributed by atoms with E-state index in [4.69, 9.17) is 5.73 Å². The third-order valence-corrected chi connectivity index (χ3v) is 4.34. The molecule has 0 spiro atoms. The van der Waals surface area contributed by atoms with Gasteiger partial charge in [0.05, 0.1) is 5.69 Å². The maximum absolute atomic E-state index is 11.9. The van der Waals surface area contributed by atoms with Crippen molar-refractivity contribution in [2.24, 2.45) is 0 Å². The second-order valence-corrected chi connectivity index (χ2v) is 5.85. The predicted molar refractivity (Wildman–Crippen MR) is 84.8 cm³/mol. The molecule has 0 saturated heterocycles.